The number of thiol groups is 1. The molecular weight excluding hydrogens is 600 g/mol. The van der Waals surface area contributed by atoms with Crippen LogP contribution in [0.2, 0.25) is 10.0 Å². The minimum absolute atomic E-state index is 0.318. The van der Waals surface area contributed by atoms with Crippen molar-refractivity contribution in [3.8, 4) is 22.3 Å². The van der Waals surface area contributed by atoms with Gasteiger partial charge in [-0.1, -0.05) is 47.5 Å². The monoisotopic (exact) mass is 633 g/mol. The van der Waals surface area contributed by atoms with Gasteiger partial charge in [0.15, 0.2) is 10.9 Å². The number of nitrogen functional groups attached to an aromatic ring is 1. The summed E-state index contributed by atoms with van der Waals surface area (Å²) in [5.41, 5.74) is 9.68. The van der Waals surface area contributed by atoms with Gasteiger partial charge in [-0.2, -0.15) is 0 Å². The molecule has 3 heterocycles. The molecule has 2 aromatic heterocycles. The van der Waals surface area contributed by atoms with Crippen molar-refractivity contribution >= 4 is 50.9 Å². The van der Waals surface area contributed by atoms with E-state index in [0.29, 0.717) is 39.1 Å². The highest BCUT2D eigenvalue weighted by Gasteiger charge is 2.30. The van der Waals surface area contributed by atoms with Gasteiger partial charge < -0.3 is 15.2 Å². The highest BCUT2D eigenvalue weighted by molar-refractivity contribution is 7.69. The molecular formula is C29H34Cl2FN7O2S. The van der Waals surface area contributed by atoms with Crippen LogP contribution in [-0.2, 0) is 10.9 Å². The van der Waals surface area contributed by atoms with Crippen LogP contribution >= 0.6 is 23.2 Å². The van der Waals surface area contributed by atoms with Crippen LogP contribution in [0.25, 0.3) is 33.3 Å². The third-order valence-corrected chi connectivity index (χ3v) is 9.09. The van der Waals surface area contributed by atoms with Gasteiger partial charge in [0.05, 0.1) is 15.4 Å². The van der Waals surface area contributed by atoms with E-state index in [1.165, 1.54) is 12.4 Å². The zero-order valence-electron chi connectivity index (χ0n) is 23.2. The Balaban J connectivity index is 0.000000830. The molecule has 0 unspecified atom stereocenters. The number of nitrogens with two attached hydrogens (primary N) is 2. The largest absolute Gasteiger partial charge is 0.383 e. The Kier molecular flexibility index (Phi) is 9.66. The molecule has 6 rings (SSSR count). The number of benzene rings is 2. The Morgan fingerprint density at radius 2 is 1.60 bits per heavy atom. The normalized spacial score (nSPS) is 20.0. The predicted octanol–water partition coefficient (Wildman–Crippen LogP) is 5.00. The third kappa shape index (κ3) is 6.56. The van der Waals surface area contributed by atoms with Gasteiger partial charge in [0.25, 0.3) is 0 Å². The van der Waals surface area contributed by atoms with Crippen molar-refractivity contribution in [3.63, 3.8) is 0 Å². The molecule has 4 aromatic rings. The number of fused-ring (bicyclic) bond motifs is 1. The number of hydrogen-bond donors (Lipinski definition) is 3. The summed E-state index contributed by atoms with van der Waals surface area (Å²) in [6.07, 6.45) is 8.06. The SMILES string of the molecule is CN1CCN(C2CCC(n3cc(-c4ccc(-c5cccc(Cl)c5Cl)c(F)c4)c4c(N)ncnc43)CC2)CC1.N[SH](=O)=O. The first kappa shape index (κ1) is 30.7. The summed E-state index contributed by atoms with van der Waals surface area (Å²) >= 11 is 12.5. The first-order chi connectivity index (χ1) is 20.1. The number of anilines is 1. The Hall–Kier alpha value is -2.80. The summed E-state index contributed by atoms with van der Waals surface area (Å²) in [7, 11) is -0.424. The lowest BCUT2D eigenvalue weighted by molar-refractivity contribution is 0.0828. The molecule has 42 heavy (non-hydrogen) atoms. The molecule has 2 aromatic carbocycles. The molecule has 2 fully saturated rings. The van der Waals surface area contributed by atoms with Gasteiger partial charge in [-0.05, 0) is 50.4 Å². The van der Waals surface area contributed by atoms with E-state index in [1.807, 2.05) is 6.07 Å². The highest BCUT2D eigenvalue weighted by Crippen LogP contribution is 2.41. The maximum atomic E-state index is 15.5. The van der Waals surface area contributed by atoms with Crippen LogP contribution in [0, 0.1) is 5.82 Å². The topological polar surface area (TPSA) is 123 Å². The number of rotatable bonds is 4. The van der Waals surface area contributed by atoms with E-state index < -0.39 is 10.9 Å². The molecule has 1 aliphatic carbocycles. The van der Waals surface area contributed by atoms with E-state index in [4.69, 9.17) is 37.4 Å². The number of halogens is 3. The van der Waals surface area contributed by atoms with E-state index in [2.05, 4.69) is 42.7 Å². The van der Waals surface area contributed by atoms with Crippen LogP contribution in [0.4, 0.5) is 10.2 Å². The van der Waals surface area contributed by atoms with Crippen molar-refractivity contribution in [2.45, 2.75) is 37.8 Å². The van der Waals surface area contributed by atoms with Crippen molar-refractivity contribution < 1.29 is 12.8 Å². The van der Waals surface area contributed by atoms with Gasteiger partial charge in [0, 0.05) is 61.1 Å². The fraction of sp³-hybridized carbons (Fsp3) is 0.379. The summed E-state index contributed by atoms with van der Waals surface area (Å²) in [4.78, 5) is 13.9. The van der Waals surface area contributed by atoms with Crippen molar-refractivity contribution in [2.24, 2.45) is 5.14 Å². The summed E-state index contributed by atoms with van der Waals surface area (Å²) < 4.78 is 35.3. The maximum absolute atomic E-state index is 15.5. The second-order valence-corrected chi connectivity index (χ2v) is 12.1. The molecule has 9 nitrogen and oxygen atoms in total. The van der Waals surface area contributed by atoms with Crippen LogP contribution in [-0.4, -0.2) is 72.0 Å². The van der Waals surface area contributed by atoms with Crippen molar-refractivity contribution in [1.82, 2.24) is 24.3 Å². The smallest absolute Gasteiger partial charge is 0.198 e. The lowest BCUT2D eigenvalue weighted by Gasteiger charge is -2.41. The lowest BCUT2D eigenvalue weighted by atomic mass is 9.89. The van der Waals surface area contributed by atoms with Crippen LogP contribution in [0.15, 0.2) is 48.9 Å². The molecule has 1 saturated carbocycles. The Morgan fingerprint density at radius 3 is 2.26 bits per heavy atom. The summed E-state index contributed by atoms with van der Waals surface area (Å²) in [6, 6.07) is 11.3. The molecule has 0 bridgehead atoms. The van der Waals surface area contributed by atoms with Crippen molar-refractivity contribution in [1.29, 1.82) is 0 Å². The number of nitrogens with zero attached hydrogens (tertiary/aromatic N) is 5. The van der Waals surface area contributed by atoms with Crippen LogP contribution in [0.5, 0.6) is 0 Å². The van der Waals surface area contributed by atoms with E-state index in [-0.39, 0.29) is 5.82 Å². The molecule has 0 spiro atoms. The van der Waals surface area contributed by atoms with Gasteiger partial charge >= 0.3 is 0 Å². The zero-order valence-corrected chi connectivity index (χ0v) is 25.6. The van der Waals surface area contributed by atoms with Crippen LogP contribution in [0.1, 0.15) is 31.7 Å². The molecule has 4 N–H and O–H groups in total. The molecule has 13 heteroatoms. The molecule has 224 valence electrons. The third-order valence-electron chi connectivity index (χ3n) is 8.27. The van der Waals surface area contributed by atoms with Crippen molar-refractivity contribution in [2.75, 3.05) is 39.0 Å². The standard InChI is InChI=1S/C29H31Cl2FN6.H3NO2S/c1-36-11-13-37(14-12-36)19-6-8-20(9-7-19)38-16-23(26-28(33)34-17-35-29(26)38)18-5-10-21(25(32)15-18)22-3-2-4-24(30)27(22)31;1-4(2)3/h2-5,10,15-17,19-20H,6-9,11-14H2,1H3,(H2,33,34,35);4H,(H2,1,2,3). The maximum Gasteiger partial charge on any atom is 0.198 e. The fourth-order valence-electron chi connectivity index (χ4n) is 6.11. The first-order valence-corrected chi connectivity index (χ1v) is 15.8. The quantitative estimate of drug-likeness (QED) is 0.270. The van der Waals surface area contributed by atoms with Crippen LogP contribution < -0.4 is 10.9 Å². The summed E-state index contributed by atoms with van der Waals surface area (Å²) in [5, 5.41) is 5.56. The van der Waals surface area contributed by atoms with E-state index in [1.54, 1.807) is 24.3 Å². The van der Waals surface area contributed by atoms with Gasteiger partial charge in [-0.25, -0.2) is 27.9 Å². The molecule has 2 aliphatic rings. The molecule has 0 amide bonds. The number of hydrogen-bond acceptors (Lipinski definition) is 7. The second-order valence-electron chi connectivity index (χ2n) is 10.8. The Bertz CT molecular complexity index is 1640. The number of likely N-dealkylation sites (N-methyl/N-ethyl adjacent to an activating group) is 1. The summed E-state index contributed by atoms with van der Waals surface area (Å²) in [6.45, 7) is 4.57. The molecule has 0 radical (unpaired) electrons. The van der Waals surface area contributed by atoms with Crippen molar-refractivity contribution in [3.05, 3.63) is 64.8 Å². The average molecular weight is 635 g/mol. The predicted molar refractivity (Wildman–Crippen MR) is 168 cm³/mol. The minimum atomic E-state index is -2.62. The van der Waals surface area contributed by atoms with Gasteiger partial charge in [-0.3, -0.25) is 4.90 Å². The van der Waals surface area contributed by atoms with E-state index in [9.17, 15) is 0 Å². The van der Waals surface area contributed by atoms with E-state index >= 15 is 4.39 Å². The molecule has 0 atom stereocenters. The molecule has 1 saturated heterocycles. The lowest BCUT2D eigenvalue weighted by Crippen LogP contribution is -2.49. The number of piperazine rings is 1. The Morgan fingerprint density at radius 1 is 0.929 bits per heavy atom. The van der Waals surface area contributed by atoms with E-state index in [0.717, 1.165) is 74.0 Å². The first-order valence-electron chi connectivity index (χ1n) is 13.8. The number of aromatic nitrogens is 3. The summed E-state index contributed by atoms with van der Waals surface area (Å²) in [5.74, 6) is 0.0212. The zero-order chi connectivity index (χ0) is 30.0. The van der Waals surface area contributed by atoms with Gasteiger partial charge in [-0.15, -0.1) is 0 Å². The minimum Gasteiger partial charge on any atom is -0.383 e. The Labute approximate surface area is 256 Å². The molecule has 1 aliphatic heterocycles. The average Bonchev–Trinajstić information content (AvgIpc) is 3.36. The second kappa shape index (κ2) is 13.2. The highest BCUT2D eigenvalue weighted by atomic mass is 35.5. The fourth-order valence-corrected chi connectivity index (χ4v) is 6.51. The van der Waals surface area contributed by atoms with Gasteiger partial charge in [0.2, 0.25) is 0 Å². The van der Waals surface area contributed by atoms with Crippen LogP contribution in [0.3, 0.4) is 0 Å². The van der Waals surface area contributed by atoms with Gasteiger partial charge in [0.1, 0.15) is 23.6 Å².